The molecular formula is C21H22N2O4. The van der Waals surface area contributed by atoms with Crippen LogP contribution >= 0.6 is 0 Å². The molecular weight excluding hydrogens is 344 g/mol. The molecule has 27 heavy (non-hydrogen) atoms. The molecule has 0 fully saturated rings. The third-order valence-electron chi connectivity index (χ3n) is 5.07. The van der Waals surface area contributed by atoms with Gasteiger partial charge >= 0.3 is 0 Å². The van der Waals surface area contributed by atoms with Gasteiger partial charge in [0.2, 0.25) is 5.75 Å². The monoisotopic (exact) mass is 366 g/mol. The van der Waals surface area contributed by atoms with E-state index in [1.165, 1.54) is 38.0 Å². The summed E-state index contributed by atoms with van der Waals surface area (Å²) in [5.74, 6) is 1.24. The number of carbonyl (C=O) groups excluding carboxylic acids is 1. The van der Waals surface area contributed by atoms with E-state index in [1.807, 2.05) is 12.1 Å². The minimum Gasteiger partial charge on any atom is -0.493 e. The Morgan fingerprint density at radius 2 is 1.74 bits per heavy atom. The maximum atomic E-state index is 12.8. The number of H-pyrrole nitrogens is 1. The maximum absolute atomic E-state index is 12.8. The minimum absolute atomic E-state index is 0.0578. The highest BCUT2D eigenvalue weighted by molar-refractivity contribution is 5.96. The van der Waals surface area contributed by atoms with E-state index in [1.54, 1.807) is 12.1 Å². The van der Waals surface area contributed by atoms with Crippen LogP contribution in [-0.2, 0) is 12.8 Å². The lowest BCUT2D eigenvalue weighted by molar-refractivity contribution is 0.0937. The SMILES string of the molecule is COc1cc(C(=O)NC2Cc3[nH]c4ccccc4c3C2)cc(OC)c1OC. The van der Waals surface area contributed by atoms with Crippen LogP contribution in [0.3, 0.4) is 0 Å². The summed E-state index contributed by atoms with van der Waals surface area (Å²) < 4.78 is 16.0. The van der Waals surface area contributed by atoms with Crippen LogP contribution in [0.2, 0.25) is 0 Å². The fraction of sp³-hybridized carbons (Fsp3) is 0.286. The van der Waals surface area contributed by atoms with Crippen molar-refractivity contribution in [3.8, 4) is 17.2 Å². The topological polar surface area (TPSA) is 72.6 Å². The van der Waals surface area contributed by atoms with Gasteiger partial charge in [-0.05, 0) is 30.2 Å². The number of carbonyl (C=O) groups is 1. The van der Waals surface area contributed by atoms with Gasteiger partial charge in [-0.2, -0.15) is 0 Å². The number of benzene rings is 2. The van der Waals surface area contributed by atoms with Crippen LogP contribution in [0, 0.1) is 0 Å². The Bertz CT molecular complexity index is 984. The first-order valence-electron chi connectivity index (χ1n) is 8.84. The molecule has 2 aromatic carbocycles. The van der Waals surface area contributed by atoms with Gasteiger partial charge in [-0.1, -0.05) is 18.2 Å². The van der Waals surface area contributed by atoms with Gasteiger partial charge in [-0.15, -0.1) is 0 Å². The van der Waals surface area contributed by atoms with Gasteiger partial charge < -0.3 is 24.5 Å². The fourth-order valence-corrected chi connectivity index (χ4v) is 3.81. The van der Waals surface area contributed by atoms with E-state index in [0.717, 1.165) is 18.4 Å². The smallest absolute Gasteiger partial charge is 0.251 e. The Morgan fingerprint density at radius 3 is 2.41 bits per heavy atom. The largest absolute Gasteiger partial charge is 0.493 e. The number of aromatic amines is 1. The molecule has 4 rings (SSSR count). The molecule has 1 unspecified atom stereocenters. The highest BCUT2D eigenvalue weighted by Crippen LogP contribution is 2.38. The molecule has 1 aromatic heterocycles. The van der Waals surface area contributed by atoms with Crippen LogP contribution in [0.4, 0.5) is 0 Å². The van der Waals surface area contributed by atoms with Crippen molar-refractivity contribution in [1.29, 1.82) is 0 Å². The second kappa shape index (κ2) is 6.87. The number of methoxy groups -OCH3 is 3. The van der Waals surface area contributed by atoms with Gasteiger partial charge in [-0.3, -0.25) is 4.79 Å². The van der Waals surface area contributed by atoms with Crippen LogP contribution in [0.1, 0.15) is 21.6 Å². The Morgan fingerprint density at radius 1 is 1.04 bits per heavy atom. The van der Waals surface area contributed by atoms with Crippen molar-refractivity contribution in [3.63, 3.8) is 0 Å². The Balaban J connectivity index is 1.54. The Hall–Kier alpha value is -3.15. The lowest BCUT2D eigenvalue weighted by Gasteiger charge is -2.16. The number of hydrogen-bond acceptors (Lipinski definition) is 4. The molecule has 3 aromatic rings. The summed E-state index contributed by atoms with van der Waals surface area (Å²) in [6.45, 7) is 0. The van der Waals surface area contributed by atoms with Crippen molar-refractivity contribution in [2.75, 3.05) is 21.3 Å². The standard InChI is InChI=1S/C21H22N2O4/c1-25-18-8-12(9-19(26-2)20(18)27-3)21(24)22-13-10-15-14-6-4-5-7-16(14)23-17(15)11-13/h4-9,13,23H,10-11H2,1-3H3,(H,22,24). The molecule has 1 aliphatic carbocycles. The van der Waals surface area contributed by atoms with Crippen LogP contribution in [0.5, 0.6) is 17.2 Å². The van der Waals surface area contributed by atoms with Gasteiger partial charge in [0, 0.05) is 34.6 Å². The summed E-state index contributed by atoms with van der Waals surface area (Å²) in [5, 5.41) is 4.36. The van der Waals surface area contributed by atoms with Crippen molar-refractivity contribution in [1.82, 2.24) is 10.3 Å². The zero-order chi connectivity index (χ0) is 19.0. The first-order chi connectivity index (χ1) is 13.1. The number of nitrogens with one attached hydrogen (secondary N) is 2. The lowest BCUT2D eigenvalue weighted by Crippen LogP contribution is -2.35. The highest BCUT2D eigenvalue weighted by atomic mass is 16.5. The van der Waals surface area contributed by atoms with E-state index in [0.29, 0.717) is 22.8 Å². The number of hydrogen-bond donors (Lipinski definition) is 2. The molecule has 1 aliphatic rings. The zero-order valence-corrected chi connectivity index (χ0v) is 15.6. The van der Waals surface area contributed by atoms with Crippen LogP contribution < -0.4 is 19.5 Å². The van der Waals surface area contributed by atoms with Gasteiger partial charge in [0.15, 0.2) is 11.5 Å². The summed E-state index contributed by atoms with van der Waals surface area (Å²) in [4.78, 5) is 16.3. The van der Waals surface area contributed by atoms with E-state index in [9.17, 15) is 4.79 Å². The van der Waals surface area contributed by atoms with Crippen LogP contribution in [0.15, 0.2) is 36.4 Å². The molecule has 1 amide bonds. The van der Waals surface area contributed by atoms with Crippen molar-refractivity contribution < 1.29 is 19.0 Å². The van der Waals surface area contributed by atoms with Crippen molar-refractivity contribution in [2.24, 2.45) is 0 Å². The summed E-state index contributed by atoms with van der Waals surface area (Å²) in [6.07, 6.45) is 1.61. The summed E-state index contributed by atoms with van der Waals surface area (Å²) in [6, 6.07) is 11.7. The van der Waals surface area contributed by atoms with Crippen molar-refractivity contribution >= 4 is 16.8 Å². The maximum Gasteiger partial charge on any atom is 0.251 e. The number of fused-ring (bicyclic) bond motifs is 3. The third kappa shape index (κ3) is 2.97. The number of para-hydroxylation sites is 1. The average Bonchev–Trinajstić information content (AvgIpc) is 3.23. The van der Waals surface area contributed by atoms with Crippen molar-refractivity contribution in [2.45, 2.75) is 18.9 Å². The van der Waals surface area contributed by atoms with Crippen molar-refractivity contribution in [3.05, 3.63) is 53.2 Å². The van der Waals surface area contributed by atoms with E-state index in [2.05, 4.69) is 22.4 Å². The predicted octanol–water partition coefficient (Wildman–Crippen LogP) is 3.09. The second-order valence-electron chi connectivity index (χ2n) is 6.62. The highest BCUT2D eigenvalue weighted by Gasteiger charge is 2.27. The Kier molecular flexibility index (Phi) is 4.39. The molecule has 0 saturated carbocycles. The molecule has 1 heterocycles. The third-order valence-corrected chi connectivity index (χ3v) is 5.07. The van der Waals surface area contributed by atoms with E-state index in [4.69, 9.17) is 14.2 Å². The summed E-state index contributed by atoms with van der Waals surface area (Å²) >= 11 is 0. The van der Waals surface area contributed by atoms with Crippen LogP contribution in [-0.4, -0.2) is 38.3 Å². The molecule has 0 spiro atoms. The predicted molar refractivity (Wildman–Crippen MR) is 103 cm³/mol. The molecule has 1 atom stereocenters. The van der Waals surface area contributed by atoms with Gasteiger partial charge in [0.1, 0.15) is 0 Å². The Labute approximate surface area is 157 Å². The number of rotatable bonds is 5. The van der Waals surface area contributed by atoms with E-state index >= 15 is 0 Å². The lowest BCUT2D eigenvalue weighted by atomic mass is 10.1. The van der Waals surface area contributed by atoms with E-state index < -0.39 is 0 Å². The van der Waals surface area contributed by atoms with Gasteiger partial charge in [-0.25, -0.2) is 0 Å². The first-order valence-corrected chi connectivity index (χ1v) is 8.84. The first kappa shape index (κ1) is 17.3. The van der Waals surface area contributed by atoms with Crippen LogP contribution in [0.25, 0.3) is 10.9 Å². The molecule has 0 bridgehead atoms. The molecule has 2 N–H and O–H groups in total. The normalized spacial score (nSPS) is 15.4. The molecule has 6 heteroatoms. The molecule has 0 aliphatic heterocycles. The fourth-order valence-electron chi connectivity index (χ4n) is 3.81. The van der Waals surface area contributed by atoms with Gasteiger partial charge in [0.05, 0.1) is 21.3 Å². The number of ether oxygens (including phenoxy) is 3. The molecule has 0 saturated heterocycles. The minimum atomic E-state index is -0.159. The number of aromatic nitrogens is 1. The van der Waals surface area contributed by atoms with Gasteiger partial charge in [0.25, 0.3) is 5.91 Å². The quantitative estimate of drug-likeness (QED) is 0.728. The summed E-state index contributed by atoms with van der Waals surface area (Å²) in [7, 11) is 4.61. The zero-order valence-electron chi connectivity index (χ0n) is 15.6. The average molecular weight is 366 g/mol. The number of amides is 1. The van der Waals surface area contributed by atoms with E-state index in [-0.39, 0.29) is 11.9 Å². The second-order valence-corrected chi connectivity index (χ2v) is 6.62. The molecule has 0 radical (unpaired) electrons. The molecule has 6 nitrogen and oxygen atoms in total. The summed E-state index contributed by atoms with van der Waals surface area (Å²) in [5.41, 5.74) is 4.12. The molecule has 140 valence electrons.